The fourth-order valence-corrected chi connectivity index (χ4v) is 3.91. The van der Waals surface area contributed by atoms with Gasteiger partial charge >= 0.3 is 0 Å². The van der Waals surface area contributed by atoms with E-state index in [1.807, 2.05) is 17.0 Å². The number of pyridine rings is 1. The molecule has 0 unspecified atom stereocenters. The summed E-state index contributed by atoms with van der Waals surface area (Å²) < 4.78 is 6.66. The molecule has 1 aliphatic carbocycles. The van der Waals surface area contributed by atoms with Crippen LogP contribution >= 0.6 is 12.2 Å². The molecule has 1 saturated heterocycles. The summed E-state index contributed by atoms with van der Waals surface area (Å²) in [5.41, 5.74) is 2.77. The molecule has 118 valence electrons. The molecule has 1 amide bonds. The van der Waals surface area contributed by atoms with Gasteiger partial charge in [0.15, 0.2) is 0 Å². The normalized spacial score (nSPS) is 23.0. The van der Waals surface area contributed by atoms with E-state index in [-0.39, 0.29) is 11.5 Å². The Morgan fingerprint density at radius 1 is 1.26 bits per heavy atom. The monoisotopic (exact) mass is 326 g/mol. The Bertz CT molecular complexity index is 812. The number of carbonyl (C=O) groups excluding carboxylic acids is 1. The summed E-state index contributed by atoms with van der Waals surface area (Å²) in [6.07, 6.45) is 3.68. The molecule has 2 aromatic rings. The molecule has 1 aromatic carbocycles. The number of hydrogen-bond donors (Lipinski definition) is 1. The van der Waals surface area contributed by atoms with Crippen molar-refractivity contribution in [1.82, 2.24) is 9.88 Å². The van der Waals surface area contributed by atoms with E-state index in [1.54, 1.807) is 12.3 Å². The van der Waals surface area contributed by atoms with Crippen LogP contribution in [-0.4, -0.2) is 35.5 Å². The summed E-state index contributed by atoms with van der Waals surface area (Å²) in [4.78, 5) is 17.7. The van der Waals surface area contributed by atoms with Crippen LogP contribution in [0.15, 0.2) is 42.6 Å². The van der Waals surface area contributed by atoms with Crippen LogP contribution in [0.5, 0.6) is 0 Å². The van der Waals surface area contributed by atoms with Gasteiger partial charge in [-0.3, -0.25) is 4.79 Å². The van der Waals surface area contributed by atoms with Crippen LogP contribution < -0.4 is 0 Å². The third-order valence-corrected chi connectivity index (χ3v) is 5.17. The first-order valence-corrected chi connectivity index (χ1v) is 8.30. The lowest BCUT2D eigenvalue weighted by atomic mass is 9.93. The molecule has 1 fully saturated rings. The number of carbonyl (C=O) groups is 1. The van der Waals surface area contributed by atoms with E-state index in [9.17, 15) is 4.79 Å². The van der Waals surface area contributed by atoms with Gasteiger partial charge in [-0.15, -0.1) is 0 Å². The van der Waals surface area contributed by atoms with Gasteiger partial charge in [-0.05, 0) is 36.1 Å². The molecule has 0 bridgehead atoms. The highest BCUT2D eigenvalue weighted by Gasteiger charge is 2.44. The van der Waals surface area contributed by atoms with Crippen LogP contribution in [0.2, 0.25) is 0 Å². The quantitative estimate of drug-likeness (QED) is 0.819. The Kier molecular flexibility index (Phi) is 3.54. The Morgan fingerprint density at radius 3 is 3.00 bits per heavy atom. The molecule has 1 atom stereocenters. The van der Waals surface area contributed by atoms with Crippen molar-refractivity contribution in [2.75, 3.05) is 19.7 Å². The number of H-pyrrole nitrogens is 1. The highest BCUT2D eigenvalue weighted by Crippen LogP contribution is 2.42. The van der Waals surface area contributed by atoms with E-state index >= 15 is 0 Å². The van der Waals surface area contributed by atoms with Gasteiger partial charge in [0.1, 0.15) is 10.2 Å². The van der Waals surface area contributed by atoms with Crippen LogP contribution in [0.1, 0.15) is 27.9 Å². The van der Waals surface area contributed by atoms with Crippen LogP contribution in [0.25, 0.3) is 0 Å². The second-order valence-corrected chi connectivity index (χ2v) is 6.55. The fourth-order valence-electron chi connectivity index (χ4n) is 3.69. The Labute approximate surface area is 140 Å². The molecule has 1 N–H and O–H groups in total. The molecular weight excluding hydrogens is 308 g/mol. The molecule has 1 aromatic heterocycles. The van der Waals surface area contributed by atoms with Crippen molar-refractivity contribution in [3.63, 3.8) is 0 Å². The van der Waals surface area contributed by atoms with E-state index < -0.39 is 0 Å². The molecule has 2 heterocycles. The van der Waals surface area contributed by atoms with Gasteiger partial charge in [0, 0.05) is 12.7 Å². The SMILES string of the molecule is O=C(c1ccc[nH]c1=S)N1CCO[C@]2(CCc3ccccc32)C1. The summed E-state index contributed by atoms with van der Waals surface area (Å²) in [5, 5.41) is 0. The zero-order valence-corrected chi connectivity index (χ0v) is 13.6. The van der Waals surface area contributed by atoms with Crippen molar-refractivity contribution in [3.05, 3.63) is 63.9 Å². The maximum absolute atomic E-state index is 12.9. The molecular formula is C18H18N2O2S. The van der Waals surface area contributed by atoms with E-state index in [0.29, 0.717) is 29.9 Å². The van der Waals surface area contributed by atoms with E-state index in [4.69, 9.17) is 17.0 Å². The summed E-state index contributed by atoms with van der Waals surface area (Å²) in [7, 11) is 0. The number of nitrogens with zero attached hydrogens (tertiary/aromatic N) is 1. The number of aromatic nitrogens is 1. The number of aromatic amines is 1. The second-order valence-electron chi connectivity index (χ2n) is 6.14. The van der Waals surface area contributed by atoms with Crippen molar-refractivity contribution in [3.8, 4) is 0 Å². The minimum absolute atomic E-state index is 0.0149. The van der Waals surface area contributed by atoms with E-state index in [0.717, 1.165) is 12.8 Å². The number of benzene rings is 1. The van der Waals surface area contributed by atoms with Crippen molar-refractivity contribution in [2.24, 2.45) is 0 Å². The topological polar surface area (TPSA) is 45.3 Å². The minimum atomic E-state index is -0.357. The van der Waals surface area contributed by atoms with Crippen molar-refractivity contribution >= 4 is 18.1 Å². The summed E-state index contributed by atoms with van der Waals surface area (Å²) >= 11 is 5.25. The first-order valence-electron chi connectivity index (χ1n) is 7.89. The van der Waals surface area contributed by atoms with Gasteiger partial charge in [-0.1, -0.05) is 36.5 Å². The number of aryl methyl sites for hydroxylation is 1. The highest BCUT2D eigenvalue weighted by molar-refractivity contribution is 7.71. The zero-order valence-electron chi connectivity index (χ0n) is 12.7. The Balaban J connectivity index is 1.65. The van der Waals surface area contributed by atoms with Gasteiger partial charge in [0.25, 0.3) is 5.91 Å². The fraction of sp³-hybridized carbons (Fsp3) is 0.333. The lowest BCUT2D eigenvalue weighted by Gasteiger charge is -2.41. The average Bonchev–Trinajstić information content (AvgIpc) is 2.93. The van der Waals surface area contributed by atoms with Gasteiger partial charge in [0.05, 0.1) is 18.7 Å². The van der Waals surface area contributed by atoms with Crippen LogP contribution in [0, 0.1) is 4.64 Å². The van der Waals surface area contributed by atoms with Gasteiger partial charge in [-0.2, -0.15) is 0 Å². The van der Waals surface area contributed by atoms with Crippen LogP contribution in [0.4, 0.5) is 0 Å². The predicted molar refractivity (Wildman–Crippen MR) is 89.9 cm³/mol. The van der Waals surface area contributed by atoms with E-state index in [1.165, 1.54) is 11.1 Å². The molecule has 0 saturated carbocycles. The molecule has 2 aliphatic rings. The molecule has 23 heavy (non-hydrogen) atoms. The van der Waals surface area contributed by atoms with Crippen LogP contribution in [-0.2, 0) is 16.8 Å². The molecule has 1 spiro atoms. The Hall–Kier alpha value is -1.98. The molecule has 4 rings (SSSR count). The number of amides is 1. The standard InChI is InChI=1S/C18H18N2O2S/c21-17(14-5-3-9-19-16(14)23)20-10-11-22-18(12-20)8-7-13-4-1-2-6-15(13)18/h1-6,9H,7-8,10-12H2,(H,19,23)/t18-/m1/s1. The van der Waals surface area contributed by atoms with Crippen LogP contribution in [0.3, 0.4) is 0 Å². The third-order valence-electron chi connectivity index (χ3n) is 4.83. The molecule has 0 radical (unpaired) electrons. The molecule has 5 heteroatoms. The minimum Gasteiger partial charge on any atom is -0.367 e. The lowest BCUT2D eigenvalue weighted by Crippen LogP contribution is -2.51. The maximum Gasteiger partial charge on any atom is 0.257 e. The molecule has 1 aliphatic heterocycles. The van der Waals surface area contributed by atoms with Crippen molar-refractivity contribution < 1.29 is 9.53 Å². The Morgan fingerprint density at radius 2 is 2.13 bits per heavy atom. The number of ether oxygens (including phenoxy) is 1. The van der Waals surface area contributed by atoms with Gasteiger partial charge < -0.3 is 14.6 Å². The number of fused-ring (bicyclic) bond motifs is 2. The number of rotatable bonds is 1. The lowest BCUT2D eigenvalue weighted by molar-refractivity contribution is -0.103. The van der Waals surface area contributed by atoms with Gasteiger partial charge in [-0.25, -0.2) is 0 Å². The molecule has 4 nitrogen and oxygen atoms in total. The summed E-state index contributed by atoms with van der Waals surface area (Å²) in [6.45, 7) is 1.75. The average molecular weight is 326 g/mol. The maximum atomic E-state index is 12.9. The largest absolute Gasteiger partial charge is 0.367 e. The van der Waals surface area contributed by atoms with Crippen molar-refractivity contribution in [1.29, 1.82) is 0 Å². The summed E-state index contributed by atoms with van der Waals surface area (Å²) in [5.74, 6) is -0.0149. The number of morpholine rings is 1. The first kappa shape index (κ1) is 14.6. The highest BCUT2D eigenvalue weighted by atomic mass is 32.1. The second kappa shape index (κ2) is 5.58. The van der Waals surface area contributed by atoms with Gasteiger partial charge in [0.2, 0.25) is 0 Å². The smallest absolute Gasteiger partial charge is 0.257 e. The number of nitrogens with one attached hydrogen (secondary N) is 1. The number of hydrogen-bond acceptors (Lipinski definition) is 3. The van der Waals surface area contributed by atoms with E-state index in [2.05, 4.69) is 23.2 Å². The third kappa shape index (κ3) is 2.40. The zero-order chi connectivity index (χ0) is 15.9. The predicted octanol–water partition coefficient (Wildman–Crippen LogP) is 3.06. The van der Waals surface area contributed by atoms with Crippen molar-refractivity contribution in [2.45, 2.75) is 18.4 Å². The first-order chi connectivity index (χ1) is 11.2. The summed E-state index contributed by atoms with van der Waals surface area (Å²) in [6, 6.07) is 12.0.